The van der Waals surface area contributed by atoms with Gasteiger partial charge in [-0.1, -0.05) is 0 Å². The summed E-state index contributed by atoms with van der Waals surface area (Å²) in [4.78, 5) is 4.09. The second-order valence-corrected chi connectivity index (χ2v) is 6.63. The minimum atomic E-state index is -3.00. The second kappa shape index (κ2) is 9.15. The van der Waals surface area contributed by atoms with Crippen molar-refractivity contribution < 1.29 is 13.2 Å². The van der Waals surface area contributed by atoms with Crippen molar-refractivity contribution in [3.05, 3.63) is 0 Å². The van der Waals surface area contributed by atoms with Crippen LogP contribution in [0.2, 0.25) is 0 Å². The Hall–Kier alpha value is -0.860. The molecule has 1 saturated heterocycles. The van der Waals surface area contributed by atoms with E-state index in [1.54, 1.807) is 7.05 Å². The molecule has 0 saturated carbocycles. The minimum Gasteiger partial charge on any atom is -0.382 e. The van der Waals surface area contributed by atoms with E-state index >= 15 is 0 Å². The molecule has 8 heteroatoms. The van der Waals surface area contributed by atoms with Gasteiger partial charge in [-0.3, -0.25) is 4.99 Å². The van der Waals surface area contributed by atoms with Crippen molar-refractivity contribution in [2.75, 3.05) is 52.2 Å². The summed E-state index contributed by atoms with van der Waals surface area (Å²) in [5.74, 6) is 0.968. The molecule has 118 valence electrons. The smallest absolute Gasteiger partial charge is 0.214 e. The standard InChI is InChI=1S/C12H26N4O3S/c1-3-19-10-4-6-14-12(13-2)15-7-9-16-8-5-11-20(16,17)18/h3-11H2,1-2H3,(H2,13,14,15). The molecule has 20 heavy (non-hydrogen) atoms. The Morgan fingerprint density at radius 3 is 2.70 bits per heavy atom. The fraction of sp³-hybridized carbons (Fsp3) is 0.917. The highest BCUT2D eigenvalue weighted by atomic mass is 32.2. The third-order valence-corrected chi connectivity index (χ3v) is 5.00. The van der Waals surface area contributed by atoms with Crippen molar-refractivity contribution in [1.82, 2.24) is 14.9 Å². The quantitative estimate of drug-likeness (QED) is 0.363. The van der Waals surface area contributed by atoms with E-state index in [1.807, 2.05) is 6.92 Å². The van der Waals surface area contributed by atoms with Gasteiger partial charge in [-0.25, -0.2) is 12.7 Å². The fourth-order valence-electron chi connectivity index (χ4n) is 1.99. The zero-order valence-corrected chi connectivity index (χ0v) is 13.2. The molecule has 1 fully saturated rings. The molecule has 0 atom stereocenters. The summed E-state index contributed by atoms with van der Waals surface area (Å²) < 4.78 is 30.0. The van der Waals surface area contributed by atoms with E-state index in [0.29, 0.717) is 25.6 Å². The summed E-state index contributed by atoms with van der Waals surface area (Å²) in [6.45, 7) is 5.89. The maximum atomic E-state index is 11.6. The van der Waals surface area contributed by atoms with Gasteiger partial charge in [0.25, 0.3) is 0 Å². The molecule has 2 N–H and O–H groups in total. The molecule has 0 aromatic rings. The summed E-state index contributed by atoms with van der Waals surface area (Å²) >= 11 is 0. The van der Waals surface area contributed by atoms with Crippen LogP contribution in [0.3, 0.4) is 0 Å². The van der Waals surface area contributed by atoms with Gasteiger partial charge in [0.2, 0.25) is 10.0 Å². The van der Waals surface area contributed by atoms with Crippen molar-refractivity contribution >= 4 is 16.0 Å². The average Bonchev–Trinajstić information content (AvgIpc) is 2.75. The van der Waals surface area contributed by atoms with Gasteiger partial charge in [0, 0.05) is 46.4 Å². The number of rotatable bonds is 8. The van der Waals surface area contributed by atoms with Gasteiger partial charge in [-0.2, -0.15) is 0 Å². The Morgan fingerprint density at radius 1 is 1.35 bits per heavy atom. The van der Waals surface area contributed by atoms with Crippen molar-refractivity contribution in [1.29, 1.82) is 0 Å². The molecule has 0 aliphatic carbocycles. The van der Waals surface area contributed by atoms with Gasteiger partial charge in [0.05, 0.1) is 5.75 Å². The number of hydrogen-bond donors (Lipinski definition) is 2. The van der Waals surface area contributed by atoms with Gasteiger partial charge >= 0.3 is 0 Å². The van der Waals surface area contributed by atoms with Crippen LogP contribution >= 0.6 is 0 Å². The summed E-state index contributed by atoms with van der Waals surface area (Å²) in [5, 5.41) is 6.28. The molecule has 0 spiro atoms. The number of ether oxygens (including phenoxy) is 1. The molecule has 7 nitrogen and oxygen atoms in total. The van der Waals surface area contributed by atoms with E-state index in [2.05, 4.69) is 15.6 Å². The molecule has 0 amide bonds. The van der Waals surface area contributed by atoms with Crippen molar-refractivity contribution in [3.63, 3.8) is 0 Å². The van der Waals surface area contributed by atoms with Crippen LogP contribution in [-0.2, 0) is 14.8 Å². The lowest BCUT2D eigenvalue weighted by Gasteiger charge is -2.16. The molecule has 0 bridgehead atoms. The van der Waals surface area contributed by atoms with Crippen molar-refractivity contribution in [2.24, 2.45) is 4.99 Å². The van der Waals surface area contributed by atoms with Crippen molar-refractivity contribution in [3.8, 4) is 0 Å². The van der Waals surface area contributed by atoms with Crippen LogP contribution in [0.4, 0.5) is 0 Å². The van der Waals surface area contributed by atoms with Gasteiger partial charge in [0.15, 0.2) is 5.96 Å². The van der Waals surface area contributed by atoms with E-state index in [4.69, 9.17) is 4.74 Å². The fourth-order valence-corrected chi connectivity index (χ4v) is 3.52. The zero-order chi connectivity index (χ0) is 14.8. The predicted octanol–water partition coefficient (Wildman–Crippen LogP) is -0.386. The third-order valence-electron chi connectivity index (χ3n) is 3.04. The van der Waals surface area contributed by atoms with Crippen molar-refractivity contribution in [2.45, 2.75) is 19.8 Å². The molecule has 1 aliphatic heterocycles. The normalized spacial score (nSPS) is 19.2. The van der Waals surface area contributed by atoms with Crippen LogP contribution in [0.15, 0.2) is 4.99 Å². The monoisotopic (exact) mass is 306 g/mol. The average molecular weight is 306 g/mol. The number of guanidine groups is 1. The maximum absolute atomic E-state index is 11.6. The maximum Gasteiger partial charge on any atom is 0.214 e. The van der Waals surface area contributed by atoms with E-state index in [1.165, 1.54) is 4.31 Å². The van der Waals surface area contributed by atoms with Gasteiger partial charge in [-0.15, -0.1) is 0 Å². The minimum absolute atomic E-state index is 0.275. The molecular weight excluding hydrogens is 280 g/mol. The van der Waals surface area contributed by atoms with Crippen LogP contribution < -0.4 is 10.6 Å². The Labute approximate surface area is 121 Å². The Morgan fingerprint density at radius 2 is 2.10 bits per heavy atom. The number of nitrogens with zero attached hydrogens (tertiary/aromatic N) is 2. The Kier molecular flexibility index (Phi) is 7.86. The first-order valence-electron chi connectivity index (χ1n) is 7.10. The number of hydrogen-bond acceptors (Lipinski definition) is 4. The SMILES string of the molecule is CCOCCCNC(=NC)NCCN1CCCS1(=O)=O. The lowest BCUT2D eigenvalue weighted by molar-refractivity contribution is 0.145. The Bertz CT molecular complexity index is 398. The summed E-state index contributed by atoms with van der Waals surface area (Å²) in [7, 11) is -1.30. The van der Waals surface area contributed by atoms with Gasteiger partial charge < -0.3 is 15.4 Å². The molecule has 0 aromatic carbocycles. The van der Waals surface area contributed by atoms with Gasteiger partial charge in [-0.05, 0) is 19.8 Å². The predicted molar refractivity (Wildman–Crippen MR) is 80.5 cm³/mol. The van der Waals surface area contributed by atoms with Crippen LogP contribution in [0.1, 0.15) is 19.8 Å². The third kappa shape index (κ3) is 6.06. The Balaban J connectivity index is 2.15. The molecule has 0 unspecified atom stereocenters. The topological polar surface area (TPSA) is 83.0 Å². The lowest BCUT2D eigenvalue weighted by atomic mass is 10.4. The van der Waals surface area contributed by atoms with Crippen LogP contribution in [0.5, 0.6) is 0 Å². The summed E-state index contributed by atoms with van der Waals surface area (Å²) in [6.07, 6.45) is 1.64. The highest BCUT2D eigenvalue weighted by molar-refractivity contribution is 7.89. The van der Waals surface area contributed by atoms with E-state index < -0.39 is 10.0 Å². The molecule has 1 aliphatic rings. The number of nitrogens with one attached hydrogen (secondary N) is 2. The lowest BCUT2D eigenvalue weighted by Crippen LogP contribution is -2.42. The summed E-state index contributed by atoms with van der Waals surface area (Å²) in [6, 6.07) is 0. The van der Waals surface area contributed by atoms with E-state index in [9.17, 15) is 8.42 Å². The largest absolute Gasteiger partial charge is 0.382 e. The van der Waals surface area contributed by atoms with Crippen LogP contribution in [0, 0.1) is 0 Å². The number of sulfonamides is 1. The number of aliphatic imine (C=N–C) groups is 1. The van der Waals surface area contributed by atoms with Gasteiger partial charge in [0.1, 0.15) is 0 Å². The zero-order valence-electron chi connectivity index (χ0n) is 12.4. The second-order valence-electron chi connectivity index (χ2n) is 4.54. The molecule has 1 heterocycles. The van der Waals surface area contributed by atoms with E-state index in [0.717, 1.165) is 32.6 Å². The molecular formula is C12H26N4O3S. The molecule has 0 radical (unpaired) electrons. The summed E-state index contributed by atoms with van der Waals surface area (Å²) in [5.41, 5.74) is 0. The molecule has 1 rings (SSSR count). The first kappa shape index (κ1) is 17.2. The van der Waals surface area contributed by atoms with Crippen LogP contribution in [0.25, 0.3) is 0 Å². The molecule has 0 aromatic heterocycles. The highest BCUT2D eigenvalue weighted by Crippen LogP contribution is 2.11. The van der Waals surface area contributed by atoms with E-state index in [-0.39, 0.29) is 5.75 Å². The highest BCUT2D eigenvalue weighted by Gasteiger charge is 2.27. The first-order valence-corrected chi connectivity index (χ1v) is 8.71. The first-order chi connectivity index (χ1) is 9.60. The van der Waals surface area contributed by atoms with Crippen LogP contribution in [-0.4, -0.2) is 70.9 Å².